The molecule has 0 N–H and O–H groups in total. The maximum absolute atomic E-state index is 11.3. The molecule has 1 aliphatic carbocycles. The van der Waals surface area contributed by atoms with Crippen molar-refractivity contribution in [3.63, 3.8) is 0 Å². The molecule has 0 fully saturated rings. The Morgan fingerprint density at radius 2 is 2.45 bits per heavy atom. The number of carbonyl (C=O) groups excluding carboxylic acids is 1. The lowest BCUT2D eigenvalue weighted by Gasteiger charge is -2.12. The average molecular weight is 277 g/mol. The zero-order valence-electron chi connectivity index (χ0n) is 11.1. The summed E-state index contributed by atoms with van der Waals surface area (Å²) in [5, 5.41) is 14.7. The Hall–Kier alpha value is -2.44. The van der Waals surface area contributed by atoms with E-state index in [1.165, 1.54) is 13.2 Å². The van der Waals surface area contributed by atoms with Crippen molar-refractivity contribution < 1.29 is 14.5 Å². The first-order valence-electron chi connectivity index (χ1n) is 6.24. The Balaban J connectivity index is 1.85. The molecule has 1 atom stereocenters. The van der Waals surface area contributed by atoms with Crippen LogP contribution in [0.15, 0.2) is 36.2 Å². The molecule has 0 aliphatic heterocycles. The molecule has 0 radical (unpaired) electrons. The zero-order chi connectivity index (χ0) is 14.5. The van der Waals surface area contributed by atoms with Crippen molar-refractivity contribution in [2.75, 3.05) is 7.11 Å². The van der Waals surface area contributed by atoms with Crippen LogP contribution in [0, 0.1) is 16.0 Å². The molecular formula is C13H15N3O4. The van der Waals surface area contributed by atoms with Gasteiger partial charge >= 0.3 is 5.97 Å². The molecule has 7 heteroatoms. The molecule has 7 nitrogen and oxygen atoms in total. The van der Waals surface area contributed by atoms with Crippen LogP contribution >= 0.6 is 0 Å². The monoisotopic (exact) mass is 277 g/mol. The largest absolute Gasteiger partial charge is 0.464 e. The molecule has 0 aromatic carbocycles. The Labute approximate surface area is 115 Å². The number of nitro groups is 1. The number of carbonyl (C=O) groups is 1. The highest BCUT2D eigenvalue weighted by molar-refractivity contribution is 5.86. The summed E-state index contributed by atoms with van der Waals surface area (Å²) in [6.07, 6.45) is 8.20. The third-order valence-electron chi connectivity index (χ3n) is 3.14. The summed E-state index contributed by atoms with van der Waals surface area (Å²) in [6, 6.07) is 1.60. The number of methoxy groups -OCH3 is 1. The van der Waals surface area contributed by atoms with Crippen LogP contribution in [0.25, 0.3) is 0 Å². The Morgan fingerprint density at radius 1 is 1.65 bits per heavy atom. The van der Waals surface area contributed by atoms with Gasteiger partial charge in [-0.05, 0) is 30.9 Å². The number of rotatable bonds is 5. The van der Waals surface area contributed by atoms with Crippen molar-refractivity contribution in [1.82, 2.24) is 9.78 Å². The van der Waals surface area contributed by atoms with Gasteiger partial charge in [-0.15, -0.1) is 0 Å². The number of aromatic nitrogens is 2. The fourth-order valence-corrected chi connectivity index (χ4v) is 2.00. The van der Waals surface area contributed by atoms with Crippen molar-refractivity contribution in [2.24, 2.45) is 5.92 Å². The van der Waals surface area contributed by atoms with Gasteiger partial charge in [0.15, 0.2) is 5.69 Å². The third kappa shape index (κ3) is 3.31. The SMILES string of the molecule is COC(=O)c1ccn(CCC2C=CC([N+](=O)[O-])=CC2)n1. The molecule has 1 unspecified atom stereocenters. The van der Waals surface area contributed by atoms with Crippen LogP contribution in [0.3, 0.4) is 0 Å². The number of nitrogens with zero attached hydrogens (tertiary/aromatic N) is 3. The number of aryl methyl sites for hydroxylation is 1. The van der Waals surface area contributed by atoms with E-state index in [0.29, 0.717) is 13.0 Å². The predicted molar refractivity (Wildman–Crippen MR) is 70.5 cm³/mol. The summed E-state index contributed by atoms with van der Waals surface area (Å²) in [6.45, 7) is 0.646. The first-order chi connectivity index (χ1) is 9.60. The molecule has 1 aromatic rings. The van der Waals surface area contributed by atoms with E-state index in [1.54, 1.807) is 23.0 Å². The van der Waals surface area contributed by atoms with E-state index in [2.05, 4.69) is 9.84 Å². The van der Waals surface area contributed by atoms with Gasteiger partial charge in [-0.1, -0.05) is 6.08 Å². The number of ether oxygens (including phenoxy) is 1. The van der Waals surface area contributed by atoms with Crippen LogP contribution in [0.4, 0.5) is 0 Å². The van der Waals surface area contributed by atoms with E-state index in [-0.39, 0.29) is 22.2 Å². The Bertz CT molecular complexity index is 574. The summed E-state index contributed by atoms with van der Waals surface area (Å²) in [5.41, 5.74) is 0.426. The standard InChI is InChI=1S/C13H15N3O4/c1-20-13(17)12-7-9-15(14-12)8-6-10-2-4-11(5-3-10)16(18)19/h2,4-5,7,9-10H,3,6,8H2,1H3. The molecule has 1 heterocycles. The summed E-state index contributed by atoms with van der Waals surface area (Å²) in [4.78, 5) is 21.4. The van der Waals surface area contributed by atoms with E-state index in [4.69, 9.17) is 0 Å². The van der Waals surface area contributed by atoms with E-state index in [1.807, 2.05) is 6.08 Å². The highest BCUT2D eigenvalue weighted by atomic mass is 16.6. The second kappa shape index (κ2) is 6.14. The summed E-state index contributed by atoms with van der Waals surface area (Å²) < 4.78 is 6.25. The topological polar surface area (TPSA) is 87.3 Å². The van der Waals surface area contributed by atoms with Crippen LogP contribution in [0.1, 0.15) is 23.3 Å². The lowest BCUT2D eigenvalue weighted by molar-refractivity contribution is -0.419. The molecule has 20 heavy (non-hydrogen) atoms. The second-order valence-corrected chi connectivity index (χ2v) is 4.49. The van der Waals surface area contributed by atoms with Crippen molar-refractivity contribution in [1.29, 1.82) is 0 Å². The van der Waals surface area contributed by atoms with Crippen molar-refractivity contribution >= 4 is 5.97 Å². The van der Waals surface area contributed by atoms with Gasteiger partial charge in [-0.25, -0.2) is 4.79 Å². The second-order valence-electron chi connectivity index (χ2n) is 4.49. The van der Waals surface area contributed by atoms with Gasteiger partial charge in [0.25, 0.3) is 5.70 Å². The molecule has 0 spiro atoms. The molecular weight excluding hydrogens is 262 g/mol. The van der Waals surface area contributed by atoms with Crippen molar-refractivity contribution in [2.45, 2.75) is 19.4 Å². The van der Waals surface area contributed by atoms with E-state index in [0.717, 1.165) is 6.42 Å². The van der Waals surface area contributed by atoms with Crippen LogP contribution in [0.5, 0.6) is 0 Å². The highest BCUT2D eigenvalue weighted by Gasteiger charge is 2.15. The molecule has 106 valence electrons. The minimum absolute atomic E-state index is 0.147. The van der Waals surface area contributed by atoms with Gasteiger partial charge in [-0.3, -0.25) is 14.8 Å². The predicted octanol–water partition coefficient (Wildman–Crippen LogP) is 1.80. The van der Waals surface area contributed by atoms with Crippen LogP contribution in [-0.4, -0.2) is 27.8 Å². The summed E-state index contributed by atoms with van der Waals surface area (Å²) in [5.74, 6) is -0.204. The van der Waals surface area contributed by atoms with Crippen molar-refractivity contribution in [3.8, 4) is 0 Å². The summed E-state index contributed by atoms with van der Waals surface area (Å²) in [7, 11) is 1.31. The maximum Gasteiger partial charge on any atom is 0.358 e. The van der Waals surface area contributed by atoms with E-state index in [9.17, 15) is 14.9 Å². The zero-order valence-corrected chi connectivity index (χ0v) is 11.1. The molecule has 1 aliphatic rings. The number of esters is 1. The van der Waals surface area contributed by atoms with Gasteiger partial charge in [0.2, 0.25) is 0 Å². The molecule has 1 aromatic heterocycles. The molecule has 0 saturated carbocycles. The maximum atomic E-state index is 11.3. The number of allylic oxidation sites excluding steroid dienone is 3. The van der Waals surface area contributed by atoms with Gasteiger partial charge in [0.05, 0.1) is 12.0 Å². The van der Waals surface area contributed by atoms with Crippen LogP contribution < -0.4 is 0 Å². The first kappa shape index (κ1) is 14.0. The lowest BCUT2D eigenvalue weighted by Crippen LogP contribution is -2.10. The van der Waals surface area contributed by atoms with E-state index >= 15 is 0 Å². The molecule has 0 amide bonds. The van der Waals surface area contributed by atoms with Gasteiger partial charge < -0.3 is 4.74 Å². The number of hydrogen-bond donors (Lipinski definition) is 0. The minimum atomic E-state index is -0.458. The molecule has 0 saturated heterocycles. The molecule has 0 bridgehead atoms. The fraction of sp³-hybridized carbons (Fsp3) is 0.385. The smallest absolute Gasteiger partial charge is 0.358 e. The number of hydrogen-bond acceptors (Lipinski definition) is 5. The first-order valence-corrected chi connectivity index (χ1v) is 6.24. The van der Waals surface area contributed by atoms with Crippen molar-refractivity contribution in [3.05, 3.63) is 52.0 Å². The quantitative estimate of drug-likeness (QED) is 0.465. The highest BCUT2D eigenvalue weighted by Crippen LogP contribution is 2.20. The third-order valence-corrected chi connectivity index (χ3v) is 3.14. The lowest BCUT2D eigenvalue weighted by atomic mass is 9.96. The Kier molecular flexibility index (Phi) is 4.29. The van der Waals surface area contributed by atoms with Crippen LogP contribution in [0.2, 0.25) is 0 Å². The summed E-state index contributed by atoms with van der Waals surface area (Å²) >= 11 is 0. The Morgan fingerprint density at radius 3 is 3.05 bits per heavy atom. The average Bonchev–Trinajstić information content (AvgIpc) is 2.93. The van der Waals surface area contributed by atoms with Gasteiger partial charge in [-0.2, -0.15) is 5.10 Å². The van der Waals surface area contributed by atoms with Crippen LogP contribution in [-0.2, 0) is 11.3 Å². The van der Waals surface area contributed by atoms with Gasteiger partial charge in [0.1, 0.15) is 0 Å². The van der Waals surface area contributed by atoms with E-state index < -0.39 is 5.97 Å². The normalized spacial score (nSPS) is 17.6. The molecule has 2 rings (SSSR count). The van der Waals surface area contributed by atoms with Gasteiger partial charge in [0, 0.05) is 18.8 Å². The fourth-order valence-electron chi connectivity index (χ4n) is 2.00. The minimum Gasteiger partial charge on any atom is -0.464 e.